The lowest BCUT2D eigenvalue weighted by Gasteiger charge is -2.20. The molecule has 1 aliphatic rings. The van der Waals surface area contributed by atoms with E-state index in [0.717, 1.165) is 18.2 Å². The minimum Gasteiger partial charge on any atom is -0.310 e. The van der Waals surface area contributed by atoms with E-state index in [1.54, 1.807) is 6.20 Å². The Morgan fingerprint density at radius 1 is 1.25 bits per heavy atom. The predicted octanol–water partition coefficient (Wildman–Crippen LogP) is 3.54. The molecule has 0 aliphatic heterocycles. The van der Waals surface area contributed by atoms with Crippen molar-refractivity contribution >= 4 is 0 Å². The van der Waals surface area contributed by atoms with E-state index in [9.17, 15) is 0 Å². The molecule has 3 heteroatoms. The summed E-state index contributed by atoms with van der Waals surface area (Å²) in [7, 11) is 0. The van der Waals surface area contributed by atoms with Crippen LogP contribution in [0, 0.1) is 5.92 Å². The molecule has 106 valence electrons. The molecule has 1 saturated carbocycles. The Kier molecular flexibility index (Phi) is 4.16. The molecule has 0 bridgehead atoms. The Hall–Kier alpha value is -1.61. The second-order valence-corrected chi connectivity index (χ2v) is 5.83. The van der Waals surface area contributed by atoms with Crippen LogP contribution >= 0.6 is 0 Å². The second kappa shape index (κ2) is 6.23. The molecule has 3 rings (SSSR count). The smallest absolute Gasteiger partial charge is 0.0645 e. The minimum atomic E-state index is 0.628. The van der Waals surface area contributed by atoms with Crippen LogP contribution in [0.4, 0.5) is 0 Å². The van der Waals surface area contributed by atoms with Crippen molar-refractivity contribution in [2.75, 3.05) is 0 Å². The molecule has 1 N–H and O–H groups in total. The predicted molar refractivity (Wildman–Crippen MR) is 81.8 cm³/mol. The SMILES string of the molecule is C[C@H](NCc1ccc(-n2cccn2)cc1)C1CCCC1. The van der Waals surface area contributed by atoms with Gasteiger partial charge in [0, 0.05) is 25.0 Å². The number of hydrogen-bond donors (Lipinski definition) is 1. The lowest BCUT2D eigenvalue weighted by Crippen LogP contribution is -2.31. The fourth-order valence-corrected chi connectivity index (χ4v) is 3.09. The van der Waals surface area contributed by atoms with Gasteiger partial charge < -0.3 is 5.32 Å². The molecule has 0 unspecified atom stereocenters. The highest BCUT2D eigenvalue weighted by Gasteiger charge is 2.20. The molecule has 0 spiro atoms. The van der Waals surface area contributed by atoms with E-state index in [0.29, 0.717) is 6.04 Å². The van der Waals surface area contributed by atoms with Crippen molar-refractivity contribution in [2.24, 2.45) is 5.92 Å². The van der Waals surface area contributed by atoms with Crippen molar-refractivity contribution < 1.29 is 0 Å². The fourth-order valence-electron chi connectivity index (χ4n) is 3.09. The second-order valence-electron chi connectivity index (χ2n) is 5.83. The van der Waals surface area contributed by atoms with Gasteiger partial charge >= 0.3 is 0 Å². The first-order chi connectivity index (χ1) is 9.83. The Morgan fingerprint density at radius 3 is 2.65 bits per heavy atom. The van der Waals surface area contributed by atoms with Crippen molar-refractivity contribution in [1.82, 2.24) is 15.1 Å². The van der Waals surface area contributed by atoms with Gasteiger partial charge in [-0.3, -0.25) is 0 Å². The van der Waals surface area contributed by atoms with Crippen LogP contribution < -0.4 is 5.32 Å². The zero-order valence-corrected chi connectivity index (χ0v) is 12.1. The zero-order valence-electron chi connectivity index (χ0n) is 12.1. The highest BCUT2D eigenvalue weighted by atomic mass is 15.3. The maximum absolute atomic E-state index is 4.24. The average molecular weight is 269 g/mol. The quantitative estimate of drug-likeness (QED) is 0.899. The molecule has 1 atom stereocenters. The molecule has 0 saturated heterocycles. The number of benzene rings is 1. The molecular formula is C17H23N3. The van der Waals surface area contributed by atoms with Gasteiger partial charge in [0.05, 0.1) is 5.69 Å². The van der Waals surface area contributed by atoms with E-state index in [1.807, 2.05) is 16.9 Å². The number of rotatable bonds is 5. The highest BCUT2D eigenvalue weighted by molar-refractivity contribution is 5.33. The van der Waals surface area contributed by atoms with Gasteiger partial charge in [0.2, 0.25) is 0 Å². The molecule has 1 fully saturated rings. The van der Waals surface area contributed by atoms with Gasteiger partial charge in [0.15, 0.2) is 0 Å². The summed E-state index contributed by atoms with van der Waals surface area (Å²) >= 11 is 0. The van der Waals surface area contributed by atoms with Crippen LogP contribution in [0.1, 0.15) is 38.2 Å². The lowest BCUT2D eigenvalue weighted by molar-refractivity contribution is 0.380. The third-order valence-corrected chi connectivity index (χ3v) is 4.44. The van der Waals surface area contributed by atoms with E-state index in [1.165, 1.54) is 31.2 Å². The molecule has 0 radical (unpaired) electrons. The van der Waals surface area contributed by atoms with Crippen LogP contribution in [-0.2, 0) is 6.54 Å². The van der Waals surface area contributed by atoms with Crippen LogP contribution in [0.15, 0.2) is 42.7 Å². The van der Waals surface area contributed by atoms with E-state index >= 15 is 0 Å². The van der Waals surface area contributed by atoms with Crippen LogP contribution in [0.25, 0.3) is 5.69 Å². The Balaban J connectivity index is 1.55. The van der Waals surface area contributed by atoms with Crippen molar-refractivity contribution in [3.8, 4) is 5.69 Å². The first-order valence-corrected chi connectivity index (χ1v) is 7.65. The number of aromatic nitrogens is 2. The van der Waals surface area contributed by atoms with Crippen molar-refractivity contribution in [2.45, 2.75) is 45.2 Å². The zero-order chi connectivity index (χ0) is 13.8. The first kappa shape index (κ1) is 13.4. The minimum absolute atomic E-state index is 0.628. The fraction of sp³-hybridized carbons (Fsp3) is 0.471. The first-order valence-electron chi connectivity index (χ1n) is 7.65. The summed E-state index contributed by atoms with van der Waals surface area (Å²) in [5.74, 6) is 0.873. The summed E-state index contributed by atoms with van der Waals surface area (Å²) in [6.07, 6.45) is 9.39. The van der Waals surface area contributed by atoms with Crippen LogP contribution in [0.5, 0.6) is 0 Å². The maximum Gasteiger partial charge on any atom is 0.0645 e. The lowest BCUT2D eigenvalue weighted by atomic mass is 9.99. The summed E-state index contributed by atoms with van der Waals surface area (Å²) in [5, 5.41) is 7.92. The summed E-state index contributed by atoms with van der Waals surface area (Å²) in [6, 6.07) is 11.2. The Morgan fingerprint density at radius 2 is 2.00 bits per heavy atom. The summed E-state index contributed by atoms with van der Waals surface area (Å²) in [4.78, 5) is 0. The number of nitrogens with zero attached hydrogens (tertiary/aromatic N) is 2. The summed E-state index contributed by atoms with van der Waals surface area (Å²) < 4.78 is 1.89. The van der Waals surface area contributed by atoms with Gasteiger partial charge in [-0.25, -0.2) is 4.68 Å². The third kappa shape index (κ3) is 3.10. The standard InChI is InChI=1S/C17H23N3/c1-14(16-5-2-3-6-16)18-13-15-7-9-17(10-8-15)20-12-4-11-19-20/h4,7-12,14,16,18H,2-3,5-6,13H2,1H3/t14-/m0/s1. The van der Waals surface area contributed by atoms with Crippen molar-refractivity contribution in [3.63, 3.8) is 0 Å². The number of nitrogens with one attached hydrogen (secondary N) is 1. The third-order valence-electron chi connectivity index (χ3n) is 4.44. The van der Waals surface area contributed by atoms with Gasteiger partial charge in [-0.15, -0.1) is 0 Å². The van der Waals surface area contributed by atoms with E-state index in [-0.39, 0.29) is 0 Å². The number of hydrogen-bond acceptors (Lipinski definition) is 2. The molecule has 0 amide bonds. The Bertz CT molecular complexity index is 510. The largest absolute Gasteiger partial charge is 0.310 e. The Labute approximate surface area is 121 Å². The van der Waals surface area contributed by atoms with Gasteiger partial charge in [-0.1, -0.05) is 25.0 Å². The van der Waals surface area contributed by atoms with E-state index in [2.05, 4.69) is 41.6 Å². The summed E-state index contributed by atoms with van der Waals surface area (Å²) in [5.41, 5.74) is 2.45. The van der Waals surface area contributed by atoms with Gasteiger partial charge in [0.1, 0.15) is 0 Å². The van der Waals surface area contributed by atoms with Crippen molar-refractivity contribution in [1.29, 1.82) is 0 Å². The molecule has 2 aromatic rings. The topological polar surface area (TPSA) is 29.9 Å². The molecule has 1 aromatic heterocycles. The maximum atomic E-state index is 4.24. The van der Waals surface area contributed by atoms with E-state index < -0.39 is 0 Å². The molecular weight excluding hydrogens is 246 g/mol. The molecule has 1 aromatic carbocycles. The molecule has 1 aliphatic carbocycles. The monoisotopic (exact) mass is 269 g/mol. The van der Waals surface area contributed by atoms with Crippen LogP contribution in [-0.4, -0.2) is 15.8 Å². The average Bonchev–Trinajstić information content (AvgIpc) is 3.18. The van der Waals surface area contributed by atoms with Gasteiger partial charge in [-0.05, 0) is 49.4 Å². The highest BCUT2D eigenvalue weighted by Crippen LogP contribution is 2.27. The molecule has 3 nitrogen and oxygen atoms in total. The normalized spacial score (nSPS) is 17.4. The summed E-state index contributed by atoms with van der Waals surface area (Å²) in [6.45, 7) is 3.28. The molecule has 1 heterocycles. The van der Waals surface area contributed by atoms with Gasteiger partial charge in [0.25, 0.3) is 0 Å². The molecule has 20 heavy (non-hydrogen) atoms. The van der Waals surface area contributed by atoms with Gasteiger partial charge in [-0.2, -0.15) is 5.10 Å². The van der Waals surface area contributed by atoms with Crippen molar-refractivity contribution in [3.05, 3.63) is 48.3 Å². The van der Waals surface area contributed by atoms with Crippen LogP contribution in [0.2, 0.25) is 0 Å². The van der Waals surface area contributed by atoms with E-state index in [4.69, 9.17) is 0 Å². The van der Waals surface area contributed by atoms with Crippen LogP contribution in [0.3, 0.4) is 0 Å².